The largest absolute Gasteiger partial charge is 0.573 e. The van der Waals surface area contributed by atoms with Crippen LogP contribution in [0.4, 0.5) is 19.0 Å². The van der Waals surface area contributed by atoms with Gasteiger partial charge < -0.3 is 10.1 Å². The van der Waals surface area contributed by atoms with E-state index in [1.54, 1.807) is 28.9 Å². The van der Waals surface area contributed by atoms with Gasteiger partial charge in [0, 0.05) is 30.4 Å². The molecule has 0 amide bonds. The number of alkyl halides is 3. The summed E-state index contributed by atoms with van der Waals surface area (Å²) in [6, 6.07) is 13.3. The quantitative estimate of drug-likeness (QED) is 0.498. The number of benzene rings is 1. The number of imidazole rings is 1. The van der Waals surface area contributed by atoms with Crippen molar-refractivity contribution in [3.05, 3.63) is 72.2 Å². The van der Waals surface area contributed by atoms with E-state index in [1.807, 2.05) is 25.3 Å². The summed E-state index contributed by atoms with van der Waals surface area (Å²) in [7, 11) is 0. The number of rotatable bonds is 6. The number of nitrogens with zero attached hydrogens (tertiary/aromatic N) is 4. The molecule has 30 heavy (non-hydrogen) atoms. The lowest BCUT2D eigenvalue weighted by Crippen LogP contribution is -2.17. The Kier molecular flexibility index (Phi) is 5.26. The smallest absolute Gasteiger partial charge is 0.406 e. The van der Waals surface area contributed by atoms with E-state index in [2.05, 4.69) is 25.1 Å². The highest BCUT2D eigenvalue weighted by Crippen LogP contribution is 2.28. The van der Waals surface area contributed by atoms with Gasteiger partial charge in [-0.25, -0.2) is 9.50 Å². The zero-order chi connectivity index (χ0) is 21.1. The van der Waals surface area contributed by atoms with Crippen LogP contribution in [0, 0.1) is 6.92 Å². The number of nitrogens with one attached hydrogen (secondary N) is 1. The van der Waals surface area contributed by atoms with Gasteiger partial charge in [0.2, 0.25) is 0 Å². The number of aryl methyl sites for hydroxylation is 1. The van der Waals surface area contributed by atoms with Crippen LogP contribution in [0.2, 0.25) is 0 Å². The predicted octanol–water partition coefficient (Wildman–Crippen LogP) is 4.65. The Morgan fingerprint density at radius 3 is 2.67 bits per heavy atom. The second-order valence-electron chi connectivity index (χ2n) is 6.71. The summed E-state index contributed by atoms with van der Waals surface area (Å²) in [5.41, 5.74) is 3.73. The third-order valence-electron chi connectivity index (χ3n) is 4.39. The molecule has 4 aromatic rings. The van der Waals surface area contributed by atoms with Gasteiger partial charge in [-0.2, -0.15) is 0 Å². The van der Waals surface area contributed by atoms with Gasteiger partial charge in [0.15, 0.2) is 5.65 Å². The first-order valence-electron chi connectivity index (χ1n) is 9.24. The van der Waals surface area contributed by atoms with Crippen molar-refractivity contribution in [2.45, 2.75) is 19.7 Å². The molecule has 0 saturated carbocycles. The topological polar surface area (TPSA) is 64.3 Å². The third kappa shape index (κ3) is 4.68. The fourth-order valence-corrected chi connectivity index (χ4v) is 2.98. The maximum atomic E-state index is 12.5. The molecule has 0 radical (unpaired) electrons. The molecule has 1 aromatic carbocycles. The molecule has 0 saturated heterocycles. The Morgan fingerprint density at radius 2 is 1.90 bits per heavy atom. The lowest BCUT2D eigenvalue weighted by Gasteiger charge is -2.10. The van der Waals surface area contributed by atoms with Crippen molar-refractivity contribution >= 4 is 11.5 Å². The van der Waals surface area contributed by atoms with Gasteiger partial charge in [-0.3, -0.25) is 4.98 Å². The average Bonchev–Trinajstić information content (AvgIpc) is 3.12. The highest BCUT2D eigenvalue weighted by molar-refractivity contribution is 5.65. The van der Waals surface area contributed by atoms with Crippen molar-refractivity contribution in [1.29, 1.82) is 0 Å². The van der Waals surface area contributed by atoms with Gasteiger partial charge in [0.1, 0.15) is 11.6 Å². The van der Waals surface area contributed by atoms with Gasteiger partial charge in [0.25, 0.3) is 0 Å². The summed E-state index contributed by atoms with van der Waals surface area (Å²) in [5.74, 6) is 0.325. The van der Waals surface area contributed by atoms with Crippen molar-refractivity contribution in [1.82, 2.24) is 19.6 Å². The van der Waals surface area contributed by atoms with Crippen LogP contribution in [0.3, 0.4) is 0 Å². The molecule has 0 fully saturated rings. The number of anilines is 1. The molecule has 0 unspecified atom stereocenters. The zero-order valence-electron chi connectivity index (χ0n) is 16.0. The Morgan fingerprint density at radius 1 is 1.03 bits per heavy atom. The van der Waals surface area contributed by atoms with Gasteiger partial charge in [-0.15, -0.1) is 18.3 Å². The number of fused-ring (bicyclic) bond motifs is 1. The van der Waals surface area contributed by atoms with E-state index in [9.17, 15) is 13.2 Å². The second-order valence-corrected chi connectivity index (χ2v) is 6.71. The minimum atomic E-state index is -4.75. The van der Waals surface area contributed by atoms with Crippen molar-refractivity contribution in [2.75, 3.05) is 11.9 Å². The molecule has 0 aliphatic rings. The first-order valence-corrected chi connectivity index (χ1v) is 9.24. The molecular formula is C21H18F3N5O. The van der Waals surface area contributed by atoms with Crippen LogP contribution < -0.4 is 10.1 Å². The van der Waals surface area contributed by atoms with Gasteiger partial charge in [-0.1, -0.05) is 18.2 Å². The van der Waals surface area contributed by atoms with E-state index in [1.165, 1.54) is 18.2 Å². The molecule has 0 aliphatic carbocycles. The molecule has 0 bridgehead atoms. The molecule has 0 aliphatic heterocycles. The van der Waals surface area contributed by atoms with Crippen molar-refractivity contribution in [2.24, 2.45) is 0 Å². The highest BCUT2D eigenvalue weighted by atomic mass is 19.4. The van der Waals surface area contributed by atoms with Crippen LogP contribution in [-0.2, 0) is 6.42 Å². The first kappa shape index (κ1) is 19.7. The Bertz CT molecular complexity index is 1160. The molecular weight excluding hydrogens is 395 g/mol. The lowest BCUT2D eigenvalue weighted by atomic mass is 10.1. The fraction of sp³-hybridized carbons (Fsp3) is 0.190. The van der Waals surface area contributed by atoms with E-state index < -0.39 is 6.36 Å². The standard InChI is InChI=1S/C21H18F3N5O/c1-14-5-6-16(26-12-14)9-10-25-19-7-8-20-27-13-18(29(20)28-19)15-3-2-4-17(11-15)30-21(22,23)24/h2-8,11-13H,9-10H2,1H3,(H,25,28). The van der Waals surface area contributed by atoms with Gasteiger partial charge in [-0.05, 0) is 42.8 Å². The number of aromatic nitrogens is 4. The molecule has 4 rings (SSSR count). The van der Waals surface area contributed by atoms with E-state index in [0.29, 0.717) is 29.3 Å². The zero-order valence-corrected chi connectivity index (χ0v) is 16.0. The molecule has 3 aromatic heterocycles. The number of ether oxygens (including phenoxy) is 1. The lowest BCUT2D eigenvalue weighted by molar-refractivity contribution is -0.274. The molecule has 6 nitrogen and oxygen atoms in total. The Labute approximate surface area is 170 Å². The number of halogens is 3. The Balaban J connectivity index is 1.53. The molecule has 154 valence electrons. The molecule has 1 N–H and O–H groups in total. The predicted molar refractivity (Wildman–Crippen MR) is 106 cm³/mol. The van der Waals surface area contributed by atoms with Crippen LogP contribution in [0.25, 0.3) is 16.9 Å². The minimum Gasteiger partial charge on any atom is -0.406 e. The average molecular weight is 413 g/mol. The van der Waals surface area contributed by atoms with E-state index in [4.69, 9.17) is 0 Å². The van der Waals surface area contributed by atoms with Crippen LogP contribution >= 0.6 is 0 Å². The normalized spacial score (nSPS) is 11.6. The van der Waals surface area contributed by atoms with Crippen LogP contribution in [0.5, 0.6) is 5.75 Å². The van der Waals surface area contributed by atoms with E-state index in [-0.39, 0.29) is 5.75 Å². The van der Waals surface area contributed by atoms with Crippen molar-refractivity contribution in [3.8, 4) is 17.0 Å². The minimum absolute atomic E-state index is 0.296. The summed E-state index contributed by atoms with van der Waals surface area (Å²) in [6.07, 6.45) is -0.629. The molecule has 0 spiro atoms. The van der Waals surface area contributed by atoms with E-state index in [0.717, 1.165) is 17.7 Å². The fourth-order valence-electron chi connectivity index (χ4n) is 2.98. The number of pyridine rings is 1. The van der Waals surface area contributed by atoms with E-state index >= 15 is 0 Å². The van der Waals surface area contributed by atoms with Crippen LogP contribution in [0.15, 0.2) is 60.9 Å². The summed E-state index contributed by atoms with van der Waals surface area (Å²) in [4.78, 5) is 8.65. The molecule has 9 heteroatoms. The SMILES string of the molecule is Cc1ccc(CCNc2ccc3ncc(-c4cccc(OC(F)(F)F)c4)n3n2)nc1. The first-order chi connectivity index (χ1) is 14.4. The summed E-state index contributed by atoms with van der Waals surface area (Å²) >= 11 is 0. The second kappa shape index (κ2) is 8.02. The molecule has 3 heterocycles. The monoisotopic (exact) mass is 413 g/mol. The summed E-state index contributed by atoms with van der Waals surface area (Å²) < 4.78 is 43.1. The molecule has 0 atom stereocenters. The van der Waals surface area contributed by atoms with Crippen LogP contribution in [0.1, 0.15) is 11.3 Å². The van der Waals surface area contributed by atoms with Gasteiger partial charge in [0.05, 0.1) is 11.9 Å². The summed E-state index contributed by atoms with van der Waals surface area (Å²) in [5, 5.41) is 7.76. The number of hydrogen-bond donors (Lipinski definition) is 1. The highest BCUT2D eigenvalue weighted by Gasteiger charge is 2.31. The Hall–Kier alpha value is -3.62. The van der Waals surface area contributed by atoms with Gasteiger partial charge >= 0.3 is 6.36 Å². The number of hydrogen-bond acceptors (Lipinski definition) is 5. The third-order valence-corrected chi connectivity index (χ3v) is 4.39. The maximum absolute atomic E-state index is 12.5. The maximum Gasteiger partial charge on any atom is 0.573 e. The van der Waals surface area contributed by atoms with Crippen molar-refractivity contribution < 1.29 is 17.9 Å². The van der Waals surface area contributed by atoms with Crippen LogP contribution in [-0.4, -0.2) is 32.5 Å². The van der Waals surface area contributed by atoms with Crippen molar-refractivity contribution in [3.63, 3.8) is 0 Å². The summed E-state index contributed by atoms with van der Waals surface area (Å²) in [6.45, 7) is 2.62.